The van der Waals surface area contributed by atoms with E-state index in [0.717, 1.165) is 6.54 Å². The van der Waals surface area contributed by atoms with Crippen LogP contribution in [0.25, 0.3) is 0 Å². The van der Waals surface area contributed by atoms with Crippen molar-refractivity contribution in [3.8, 4) is 5.75 Å². The summed E-state index contributed by atoms with van der Waals surface area (Å²) in [6.07, 6.45) is 0.275. The van der Waals surface area contributed by atoms with Crippen molar-refractivity contribution in [1.29, 1.82) is 0 Å². The van der Waals surface area contributed by atoms with Gasteiger partial charge >= 0.3 is 0 Å². The van der Waals surface area contributed by atoms with Crippen molar-refractivity contribution in [3.63, 3.8) is 0 Å². The lowest BCUT2D eigenvalue weighted by Gasteiger charge is -2.26. The molecule has 2 aromatic carbocycles. The Balaban J connectivity index is 2.00. The fraction of sp³-hybridized carbons (Fsp3) is 0.350. The second-order valence-electron chi connectivity index (χ2n) is 6.49. The van der Waals surface area contributed by atoms with Gasteiger partial charge in [0, 0.05) is 37.7 Å². The third kappa shape index (κ3) is 6.07. The van der Waals surface area contributed by atoms with Gasteiger partial charge in [0.25, 0.3) is 5.69 Å². The van der Waals surface area contributed by atoms with Gasteiger partial charge in [-0.3, -0.25) is 19.8 Å². The molecule has 0 aliphatic heterocycles. The summed E-state index contributed by atoms with van der Waals surface area (Å²) >= 11 is 0. The number of methoxy groups -OCH3 is 1. The van der Waals surface area contributed by atoms with Crippen molar-refractivity contribution in [2.24, 2.45) is 0 Å². The molecule has 144 valence electrons. The minimum Gasteiger partial charge on any atom is -0.495 e. The first-order valence-corrected chi connectivity index (χ1v) is 8.81. The zero-order chi connectivity index (χ0) is 19.8. The van der Waals surface area contributed by atoms with Crippen molar-refractivity contribution < 1.29 is 14.5 Å². The van der Waals surface area contributed by atoms with E-state index in [1.807, 2.05) is 18.2 Å². The fourth-order valence-electron chi connectivity index (χ4n) is 2.70. The Kier molecular flexibility index (Phi) is 7.31. The number of anilines is 1. The van der Waals surface area contributed by atoms with Gasteiger partial charge in [-0.15, -0.1) is 0 Å². The molecule has 27 heavy (non-hydrogen) atoms. The number of nitro groups is 1. The third-order valence-electron chi connectivity index (χ3n) is 4.25. The maximum absolute atomic E-state index is 12.4. The van der Waals surface area contributed by atoms with E-state index in [1.165, 1.54) is 30.9 Å². The Labute approximate surface area is 159 Å². The van der Waals surface area contributed by atoms with Crippen LogP contribution in [0.4, 0.5) is 11.4 Å². The van der Waals surface area contributed by atoms with E-state index in [1.54, 1.807) is 0 Å². The molecule has 7 heteroatoms. The number of carbonyl (C=O) groups is 1. The number of nitrogens with zero attached hydrogens (tertiary/aromatic N) is 2. The van der Waals surface area contributed by atoms with Gasteiger partial charge in [0.05, 0.1) is 17.7 Å². The van der Waals surface area contributed by atoms with E-state index in [-0.39, 0.29) is 24.1 Å². The quantitative estimate of drug-likeness (QED) is 0.535. The first-order chi connectivity index (χ1) is 12.9. The maximum atomic E-state index is 12.4. The highest BCUT2D eigenvalue weighted by Crippen LogP contribution is 2.29. The van der Waals surface area contributed by atoms with E-state index >= 15 is 0 Å². The highest BCUT2D eigenvalue weighted by atomic mass is 16.6. The van der Waals surface area contributed by atoms with E-state index < -0.39 is 4.92 Å². The van der Waals surface area contributed by atoms with Crippen LogP contribution in [0.1, 0.15) is 25.8 Å². The summed E-state index contributed by atoms with van der Waals surface area (Å²) in [6.45, 7) is 5.51. The first kappa shape index (κ1) is 20.4. The Hall–Kier alpha value is -2.93. The van der Waals surface area contributed by atoms with Crippen LogP contribution in [0.2, 0.25) is 0 Å². The average molecular weight is 371 g/mol. The van der Waals surface area contributed by atoms with Gasteiger partial charge in [-0.05, 0) is 25.5 Å². The van der Waals surface area contributed by atoms with Crippen LogP contribution < -0.4 is 10.1 Å². The Morgan fingerprint density at radius 2 is 1.93 bits per heavy atom. The lowest BCUT2D eigenvalue weighted by molar-refractivity contribution is -0.384. The predicted molar refractivity (Wildman–Crippen MR) is 105 cm³/mol. The van der Waals surface area contributed by atoms with Gasteiger partial charge in [0.15, 0.2) is 0 Å². The molecule has 0 radical (unpaired) electrons. The Morgan fingerprint density at radius 3 is 2.52 bits per heavy atom. The number of amides is 1. The molecule has 0 bridgehead atoms. The third-order valence-corrected chi connectivity index (χ3v) is 4.25. The molecule has 0 aliphatic carbocycles. The molecular formula is C20H25N3O4. The van der Waals surface area contributed by atoms with Gasteiger partial charge in [-0.25, -0.2) is 0 Å². The van der Waals surface area contributed by atoms with Crippen molar-refractivity contribution in [1.82, 2.24) is 4.90 Å². The molecule has 0 unspecified atom stereocenters. The largest absolute Gasteiger partial charge is 0.495 e. The molecule has 0 saturated heterocycles. The number of ether oxygens (including phenoxy) is 1. The zero-order valence-corrected chi connectivity index (χ0v) is 15.8. The van der Waals surface area contributed by atoms with Crippen LogP contribution >= 0.6 is 0 Å². The molecule has 0 saturated carbocycles. The zero-order valence-electron chi connectivity index (χ0n) is 15.8. The number of nitrogens with one attached hydrogen (secondary N) is 1. The lowest BCUT2D eigenvalue weighted by Crippen LogP contribution is -2.33. The molecule has 1 amide bonds. The molecule has 1 N–H and O–H groups in total. The summed E-state index contributed by atoms with van der Waals surface area (Å²) in [7, 11) is 1.46. The van der Waals surface area contributed by atoms with Crippen molar-refractivity contribution in [2.75, 3.05) is 19.0 Å². The average Bonchev–Trinajstić information content (AvgIpc) is 2.65. The normalized spacial score (nSPS) is 10.9. The highest BCUT2D eigenvalue weighted by molar-refractivity contribution is 5.92. The van der Waals surface area contributed by atoms with Gasteiger partial charge in [-0.2, -0.15) is 0 Å². The van der Waals surface area contributed by atoms with Gasteiger partial charge in [0.1, 0.15) is 5.75 Å². The number of non-ortho nitro benzene ring substituents is 1. The monoisotopic (exact) mass is 371 g/mol. The summed E-state index contributed by atoms with van der Waals surface area (Å²) in [4.78, 5) is 25.0. The van der Waals surface area contributed by atoms with Crippen molar-refractivity contribution in [3.05, 3.63) is 64.2 Å². The Morgan fingerprint density at radius 1 is 1.22 bits per heavy atom. The molecule has 0 fully saturated rings. The Bertz CT molecular complexity index is 778. The second kappa shape index (κ2) is 9.68. The van der Waals surface area contributed by atoms with Crippen LogP contribution in [0, 0.1) is 10.1 Å². The summed E-state index contributed by atoms with van der Waals surface area (Å²) in [5, 5.41) is 13.7. The molecule has 0 heterocycles. The molecule has 0 aliphatic rings. The molecule has 2 rings (SSSR count). The molecular weight excluding hydrogens is 346 g/mol. The van der Waals surface area contributed by atoms with Crippen LogP contribution in [0.15, 0.2) is 48.5 Å². The van der Waals surface area contributed by atoms with Gasteiger partial charge < -0.3 is 10.1 Å². The number of hydrogen-bond donors (Lipinski definition) is 1. The highest BCUT2D eigenvalue weighted by Gasteiger charge is 2.16. The summed E-state index contributed by atoms with van der Waals surface area (Å²) < 4.78 is 5.18. The maximum Gasteiger partial charge on any atom is 0.271 e. The van der Waals surface area contributed by atoms with Gasteiger partial charge in [0.2, 0.25) is 5.91 Å². The van der Waals surface area contributed by atoms with Crippen LogP contribution in [0.5, 0.6) is 5.75 Å². The number of carbonyl (C=O) groups excluding carboxylic acids is 1. The minimum absolute atomic E-state index is 0.0982. The number of rotatable bonds is 9. The summed E-state index contributed by atoms with van der Waals surface area (Å²) in [5.74, 6) is 0.173. The summed E-state index contributed by atoms with van der Waals surface area (Å²) in [6, 6.07) is 14.5. The van der Waals surface area contributed by atoms with E-state index in [4.69, 9.17) is 4.74 Å². The smallest absolute Gasteiger partial charge is 0.271 e. The first-order valence-electron chi connectivity index (χ1n) is 8.81. The second-order valence-corrected chi connectivity index (χ2v) is 6.49. The molecule has 0 atom stereocenters. The number of hydrogen-bond acceptors (Lipinski definition) is 5. The summed E-state index contributed by atoms with van der Waals surface area (Å²) in [5.41, 5.74) is 1.39. The van der Waals surface area contributed by atoms with Gasteiger partial charge in [-0.1, -0.05) is 30.3 Å². The van der Waals surface area contributed by atoms with Crippen LogP contribution in [0.3, 0.4) is 0 Å². The van der Waals surface area contributed by atoms with E-state index in [0.29, 0.717) is 18.0 Å². The van der Waals surface area contributed by atoms with Crippen LogP contribution in [-0.4, -0.2) is 35.4 Å². The van der Waals surface area contributed by atoms with Crippen molar-refractivity contribution in [2.45, 2.75) is 32.9 Å². The lowest BCUT2D eigenvalue weighted by atomic mass is 10.2. The SMILES string of the molecule is COc1ccc([N+](=O)[O-])cc1NC(=O)CCN(Cc1ccccc1)C(C)C. The number of benzene rings is 2. The van der Waals surface area contributed by atoms with E-state index in [9.17, 15) is 14.9 Å². The minimum atomic E-state index is -0.505. The van der Waals surface area contributed by atoms with Crippen LogP contribution in [-0.2, 0) is 11.3 Å². The fourth-order valence-corrected chi connectivity index (χ4v) is 2.70. The molecule has 0 aromatic heterocycles. The standard InChI is InChI=1S/C20H25N3O4/c1-15(2)22(14-16-7-5-4-6-8-16)12-11-20(24)21-18-13-17(23(25)26)9-10-19(18)27-3/h4-10,13,15H,11-12,14H2,1-3H3,(H,21,24). The molecule has 7 nitrogen and oxygen atoms in total. The van der Waals surface area contributed by atoms with E-state index in [2.05, 4.69) is 36.2 Å². The van der Waals surface area contributed by atoms with Crippen molar-refractivity contribution >= 4 is 17.3 Å². The molecule has 2 aromatic rings. The topological polar surface area (TPSA) is 84.7 Å². The molecule has 0 spiro atoms. The predicted octanol–water partition coefficient (Wildman–Crippen LogP) is 3.84. The number of nitro benzene ring substituents is 1.